The molecular formula is C13H20ClN3O2. The van der Waals surface area contributed by atoms with Crippen LogP contribution in [0.15, 0.2) is 6.07 Å². The first-order chi connectivity index (χ1) is 9.22. The molecule has 1 aliphatic heterocycles. The van der Waals surface area contributed by atoms with Crippen LogP contribution in [0.3, 0.4) is 0 Å². The van der Waals surface area contributed by atoms with Crippen molar-refractivity contribution >= 4 is 17.4 Å². The molecule has 0 saturated carbocycles. The Balaban J connectivity index is 2.11. The molecule has 2 rings (SSSR count). The van der Waals surface area contributed by atoms with Gasteiger partial charge in [-0.3, -0.25) is 0 Å². The third kappa shape index (κ3) is 4.03. The largest absolute Gasteiger partial charge is 0.384 e. The van der Waals surface area contributed by atoms with Gasteiger partial charge in [-0.1, -0.05) is 11.6 Å². The standard InChI is InChI=1S/C13H20ClN3O2/c1-18-8-10-4-3-5-17(7-10)13-6-11(14)15-12(16-13)9-19-2/h6,10H,3-5,7-9H2,1-2H3. The van der Waals surface area contributed by atoms with Gasteiger partial charge in [0.05, 0.1) is 6.61 Å². The van der Waals surface area contributed by atoms with E-state index in [1.54, 1.807) is 14.2 Å². The lowest BCUT2D eigenvalue weighted by atomic mass is 9.99. The fraction of sp³-hybridized carbons (Fsp3) is 0.692. The van der Waals surface area contributed by atoms with Crippen LogP contribution in [0.4, 0.5) is 5.82 Å². The van der Waals surface area contributed by atoms with Gasteiger partial charge in [-0.2, -0.15) is 0 Å². The van der Waals surface area contributed by atoms with Gasteiger partial charge in [-0.05, 0) is 18.8 Å². The van der Waals surface area contributed by atoms with E-state index in [1.807, 2.05) is 6.07 Å². The molecule has 0 aliphatic carbocycles. The minimum atomic E-state index is 0.378. The second kappa shape index (κ2) is 7.03. The first-order valence-corrected chi connectivity index (χ1v) is 6.87. The number of ether oxygens (including phenoxy) is 2. The fourth-order valence-corrected chi connectivity index (χ4v) is 2.65. The SMILES string of the molecule is COCc1nc(Cl)cc(N2CCCC(COC)C2)n1. The summed E-state index contributed by atoms with van der Waals surface area (Å²) >= 11 is 6.04. The first-order valence-electron chi connectivity index (χ1n) is 6.49. The van der Waals surface area contributed by atoms with Crippen molar-refractivity contribution in [3.05, 3.63) is 17.0 Å². The summed E-state index contributed by atoms with van der Waals surface area (Å²) in [6, 6.07) is 1.82. The van der Waals surface area contributed by atoms with Crippen LogP contribution in [-0.2, 0) is 16.1 Å². The van der Waals surface area contributed by atoms with Crippen molar-refractivity contribution in [1.82, 2.24) is 9.97 Å². The Morgan fingerprint density at radius 2 is 2.21 bits per heavy atom. The normalized spacial score (nSPS) is 19.7. The van der Waals surface area contributed by atoms with Gasteiger partial charge in [-0.15, -0.1) is 0 Å². The van der Waals surface area contributed by atoms with E-state index in [0.29, 0.717) is 23.5 Å². The number of anilines is 1. The predicted octanol–water partition coefficient (Wildman–Crippen LogP) is 2.14. The van der Waals surface area contributed by atoms with Crippen LogP contribution in [0.2, 0.25) is 5.15 Å². The molecule has 0 radical (unpaired) electrons. The molecule has 1 aromatic rings. The molecule has 1 atom stereocenters. The van der Waals surface area contributed by atoms with E-state index >= 15 is 0 Å². The number of hydrogen-bond acceptors (Lipinski definition) is 5. The summed E-state index contributed by atoms with van der Waals surface area (Å²) in [6.07, 6.45) is 2.35. The predicted molar refractivity (Wildman–Crippen MR) is 74.6 cm³/mol. The zero-order valence-corrected chi connectivity index (χ0v) is 12.2. The van der Waals surface area contributed by atoms with E-state index in [0.717, 1.165) is 31.9 Å². The van der Waals surface area contributed by atoms with Crippen molar-refractivity contribution < 1.29 is 9.47 Å². The van der Waals surface area contributed by atoms with Crippen molar-refractivity contribution in [2.24, 2.45) is 5.92 Å². The highest BCUT2D eigenvalue weighted by atomic mass is 35.5. The maximum absolute atomic E-state index is 6.04. The number of aromatic nitrogens is 2. The van der Waals surface area contributed by atoms with Gasteiger partial charge in [0.1, 0.15) is 17.6 Å². The molecule has 1 fully saturated rings. The Hall–Kier alpha value is -0.910. The molecule has 0 aromatic carbocycles. The molecule has 1 aromatic heterocycles. The van der Waals surface area contributed by atoms with E-state index in [4.69, 9.17) is 21.1 Å². The monoisotopic (exact) mass is 285 g/mol. The maximum atomic E-state index is 6.04. The number of methoxy groups -OCH3 is 2. The molecule has 1 saturated heterocycles. The highest BCUT2D eigenvalue weighted by molar-refractivity contribution is 6.29. The summed E-state index contributed by atoms with van der Waals surface area (Å²) in [6.45, 7) is 3.12. The molecule has 0 bridgehead atoms. The molecule has 19 heavy (non-hydrogen) atoms. The van der Waals surface area contributed by atoms with Crippen LogP contribution in [0.1, 0.15) is 18.7 Å². The quantitative estimate of drug-likeness (QED) is 0.776. The lowest BCUT2D eigenvalue weighted by Gasteiger charge is -2.33. The summed E-state index contributed by atoms with van der Waals surface area (Å²) in [5.74, 6) is 2.06. The van der Waals surface area contributed by atoms with E-state index in [2.05, 4.69) is 14.9 Å². The Morgan fingerprint density at radius 1 is 1.37 bits per heavy atom. The van der Waals surface area contributed by atoms with E-state index in [1.165, 1.54) is 6.42 Å². The number of halogens is 1. The average molecular weight is 286 g/mol. The average Bonchev–Trinajstić information content (AvgIpc) is 2.39. The van der Waals surface area contributed by atoms with E-state index in [-0.39, 0.29) is 0 Å². The number of piperidine rings is 1. The first kappa shape index (κ1) is 14.5. The van der Waals surface area contributed by atoms with Crippen molar-refractivity contribution in [2.45, 2.75) is 19.4 Å². The molecule has 5 nitrogen and oxygen atoms in total. The van der Waals surface area contributed by atoms with Gasteiger partial charge in [0.2, 0.25) is 0 Å². The molecule has 0 N–H and O–H groups in total. The number of rotatable bonds is 5. The van der Waals surface area contributed by atoms with Crippen LogP contribution < -0.4 is 4.90 Å². The minimum absolute atomic E-state index is 0.378. The maximum Gasteiger partial charge on any atom is 0.158 e. The van der Waals surface area contributed by atoms with Crippen LogP contribution in [0.25, 0.3) is 0 Å². The van der Waals surface area contributed by atoms with E-state index < -0.39 is 0 Å². The summed E-state index contributed by atoms with van der Waals surface area (Å²) in [4.78, 5) is 10.9. The Kier molecular flexibility index (Phi) is 5.36. The van der Waals surface area contributed by atoms with Gasteiger partial charge in [0.25, 0.3) is 0 Å². The molecule has 2 heterocycles. The lowest BCUT2D eigenvalue weighted by Crippen LogP contribution is -2.37. The smallest absolute Gasteiger partial charge is 0.158 e. The van der Waals surface area contributed by atoms with Crippen molar-refractivity contribution in [3.8, 4) is 0 Å². The van der Waals surface area contributed by atoms with E-state index in [9.17, 15) is 0 Å². The van der Waals surface area contributed by atoms with Gasteiger partial charge in [0, 0.05) is 33.4 Å². The van der Waals surface area contributed by atoms with Gasteiger partial charge in [0.15, 0.2) is 5.82 Å². The summed E-state index contributed by atoms with van der Waals surface area (Å²) in [7, 11) is 3.37. The molecule has 6 heteroatoms. The lowest BCUT2D eigenvalue weighted by molar-refractivity contribution is 0.143. The van der Waals surface area contributed by atoms with Crippen molar-refractivity contribution in [3.63, 3.8) is 0 Å². The molecular weight excluding hydrogens is 266 g/mol. The van der Waals surface area contributed by atoms with Gasteiger partial charge in [-0.25, -0.2) is 9.97 Å². The molecule has 0 amide bonds. The highest BCUT2D eigenvalue weighted by Crippen LogP contribution is 2.23. The summed E-state index contributed by atoms with van der Waals surface area (Å²) in [5.41, 5.74) is 0. The fourth-order valence-electron chi connectivity index (χ4n) is 2.45. The topological polar surface area (TPSA) is 47.5 Å². The second-order valence-electron chi connectivity index (χ2n) is 4.81. The molecule has 0 spiro atoms. The summed E-state index contributed by atoms with van der Waals surface area (Å²) < 4.78 is 10.3. The highest BCUT2D eigenvalue weighted by Gasteiger charge is 2.21. The van der Waals surface area contributed by atoms with Crippen LogP contribution in [0, 0.1) is 5.92 Å². The van der Waals surface area contributed by atoms with Gasteiger partial charge >= 0.3 is 0 Å². The van der Waals surface area contributed by atoms with Crippen molar-refractivity contribution in [1.29, 1.82) is 0 Å². The Labute approximate surface area is 118 Å². The number of hydrogen-bond donors (Lipinski definition) is 0. The molecule has 1 aliphatic rings. The Bertz CT molecular complexity index is 415. The van der Waals surface area contributed by atoms with Crippen LogP contribution in [-0.4, -0.2) is 43.9 Å². The zero-order valence-electron chi connectivity index (χ0n) is 11.4. The zero-order chi connectivity index (χ0) is 13.7. The third-order valence-electron chi connectivity index (χ3n) is 3.25. The van der Waals surface area contributed by atoms with Crippen LogP contribution >= 0.6 is 11.6 Å². The Morgan fingerprint density at radius 3 is 2.95 bits per heavy atom. The second-order valence-corrected chi connectivity index (χ2v) is 5.19. The summed E-state index contributed by atoms with van der Waals surface area (Å²) in [5, 5.41) is 0.464. The van der Waals surface area contributed by atoms with Crippen LogP contribution in [0.5, 0.6) is 0 Å². The minimum Gasteiger partial charge on any atom is -0.384 e. The molecule has 106 valence electrons. The number of nitrogens with zero attached hydrogens (tertiary/aromatic N) is 3. The van der Waals surface area contributed by atoms with Gasteiger partial charge < -0.3 is 14.4 Å². The third-order valence-corrected chi connectivity index (χ3v) is 3.44. The van der Waals surface area contributed by atoms with Crippen molar-refractivity contribution in [2.75, 3.05) is 38.8 Å². The molecule has 1 unspecified atom stereocenters.